The molecule has 0 spiro atoms. The molecule has 0 saturated carbocycles. The van der Waals surface area contributed by atoms with Crippen molar-refractivity contribution in [2.75, 3.05) is 36.9 Å². The Bertz CT molecular complexity index is 1440. The van der Waals surface area contributed by atoms with Crippen molar-refractivity contribution >= 4 is 27.5 Å². The largest absolute Gasteiger partial charge is 0.486 e. The van der Waals surface area contributed by atoms with E-state index >= 15 is 0 Å². The maximum atomic E-state index is 14.1. The van der Waals surface area contributed by atoms with Crippen LogP contribution in [-0.4, -0.2) is 63.7 Å². The third-order valence-corrected chi connectivity index (χ3v) is 8.49. The van der Waals surface area contributed by atoms with Gasteiger partial charge >= 0.3 is 0 Å². The molecule has 40 heavy (non-hydrogen) atoms. The minimum absolute atomic E-state index is 0.132. The minimum atomic E-state index is -3.87. The number of carbonyl (C=O) groups is 2. The van der Waals surface area contributed by atoms with Gasteiger partial charge in [0, 0.05) is 26.1 Å². The number of benzene rings is 3. The Labute approximate surface area is 235 Å². The van der Waals surface area contributed by atoms with Gasteiger partial charge in [0.25, 0.3) is 0 Å². The van der Waals surface area contributed by atoms with Crippen LogP contribution in [0.2, 0.25) is 0 Å². The van der Waals surface area contributed by atoms with Gasteiger partial charge in [0.1, 0.15) is 25.8 Å². The van der Waals surface area contributed by atoms with E-state index in [1.165, 1.54) is 18.9 Å². The van der Waals surface area contributed by atoms with Crippen LogP contribution in [0, 0.1) is 6.92 Å². The zero-order valence-electron chi connectivity index (χ0n) is 23.0. The number of ether oxygens (including phenoxy) is 2. The van der Waals surface area contributed by atoms with E-state index in [1.807, 2.05) is 61.5 Å². The summed E-state index contributed by atoms with van der Waals surface area (Å²) in [6, 6.07) is 21.0. The summed E-state index contributed by atoms with van der Waals surface area (Å²) in [5.41, 5.74) is 3.01. The molecule has 3 aromatic carbocycles. The van der Waals surface area contributed by atoms with Crippen molar-refractivity contribution in [1.82, 2.24) is 10.2 Å². The van der Waals surface area contributed by atoms with E-state index in [-0.39, 0.29) is 30.3 Å². The number of likely N-dealkylation sites (N-methyl/N-ethyl adjacent to an activating group) is 1. The van der Waals surface area contributed by atoms with Crippen LogP contribution in [0.4, 0.5) is 5.69 Å². The average molecular weight is 566 g/mol. The van der Waals surface area contributed by atoms with Crippen LogP contribution in [0.1, 0.15) is 23.6 Å². The van der Waals surface area contributed by atoms with Crippen molar-refractivity contribution in [3.05, 3.63) is 89.5 Å². The van der Waals surface area contributed by atoms with Crippen molar-refractivity contribution in [3.8, 4) is 11.5 Å². The first-order valence-electron chi connectivity index (χ1n) is 13.2. The summed E-state index contributed by atoms with van der Waals surface area (Å²) < 4.78 is 38.9. The van der Waals surface area contributed by atoms with Gasteiger partial charge < -0.3 is 19.7 Å². The third-order valence-electron chi connectivity index (χ3n) is 6.75. The molecule has 2 amide bonds. The quantitative estimate of drug-likeness (QED) is 0.383. The predicted molar refractivity (Wildman–Crippen MR) is 154 cm³/mol. The number of nitrogens with zero attached hydrogens (tertiary/aromatic N) is 2. The SMILES string of the molecule is CCS(=O)(=O)N(CC(=O)N(Cc1cccc(C)c1)C(Cc1ccccc1)C(=O)NC)c1ccc2c(c1)OCCO2. The van der Waals surface area contributed by atoms with Crippen LogP contribution in [0.25, 0.3) is 0 Å². The van der Waals surface area contributed by atoms with Gasteiger partial charge in [0.2, 0.25) is 21.8 Å². The molecule has 3 aromatic rings. The molecule has 9 nitrogen and oxygen atoms in total. The summed E-state index contributed by atoms with van der Waals surface area (Å²) in [7, 11) is -2.34. The lowest BCUT2D eigenvalue weighted by Crippen LogP contribution is -2.53. The topological polar surface area (TPSA) is 105 Å². The lowest BCUT2D eigenvalue weighted by atomic mass is 10.0. The number of hydrogen-bond acceptors (Lipinski definition) is 6. The number of nitrogens with one attached hydrogen (secondary N) is 1. The van der Waals surface area contributed by atoms with Crippen molar-refractivity contribution in [2.24, 2.45) is 0 Å². The Balaban J connectivity index is 1.73. The Hall–Kier alpha value is -4.05. The zero-order chi connectivity index (χ0) is 28.7. The number of rotatable bonds is 11. The summed E-state index contributed by atoms with van der Waals surface area (Å²) in [4.78, 5) is 28.8. The lowest BCUT2D eigenvalue weighted by molar-refractivity contribution is -0.139. The Morgan fingerprint density at radius 2 is 1.62 bits per heavy atom. The molecule has 1 atom stereocenters. The molecule has 1 heterocycles. The summed E-state index contributed by atoms with van der Waals surface area (Å²) in [5, 5.41) is 2.68. The van der Waals surface area contributed by atoms with E-state index in [4.69, 9.17) is 9.47 Å². The van der Waals surface area contributed by atoms with Crippen LogP contribution in [0.3, 0.4) is 0 Å². The van der Waals surface area contributed by atoms with E-state index in [9.17, 15) is 18.0 Å². The smallest absolute Gasteiger partial charge is 0.244 e. The zero-order valence-corrected chi connectivity index (χ0v) is 23.8. The highest BCUT2D eigenvalue weighted by Crippen LogP contribution is 2.35. The van der Waals surface area contributed by atoms with E-state index in [2.05, 4.69) is 5.32 Å². The number of hydrogen-bond donors (Lipinski definition) is 1. The van der Waals surface area contributed by atoms with Crippen LogP contribution >= 0.6 is 0 Å². The molecule has 0 bridgehead atoms. The highest BCUT2D eigenvalue weighted by molar-refractivity contribution is 7.92. The monoisotopic (exact) mass is 565 g/mol. The van der Waals surface area contributed by atoms with Gasteiger partial charge in [0.05, 0.1) is 11.4 Å². The second-order valence-electron chi connectivity index (χ2n) is 9.57. The predicted octanol–water partition coefficient (Wildman–Crippen LogP) is 3.31. The lowest BCUT2D eigenvalue weighted by Gasteiger charge is -2.33. The summed E-state index contributed by atoms with van der Waals surface area (Å²) in [5.74, 6) is -0.127. The van der Waals surface area contributed by atoms with E-state index < -0.39 is 28.5 Å². The van der Waals surface area contributed by atoms with E-state index in [1.54, 1.807) is 18.2 Å². The molecule has 4 rings (SSSR count). The standard InChI is InChI=1S/C30H35N3O6S/c1-4-40(36,37)33(25-13-14-27-28(19-25)39-16-15-38-27)21-29(34)32(20-24-12-8-9-22(2)17-24)26(30(35)31-3)18-23-10-6-5-7-11-23/h5-14,17,19,26H,4,15-16,18,20-21H2,1-3H3,(H,31,35). The molecule has 0 radical (unpaired) electrons. The van der Waals surface area contributed by atoms with Crippen LogP contribution in [-0.2, 0) is 32.6 Å². The highest BCUT2D eigenvalue weighted by atomic mass is 32.2. The Kier molecular flexibility index (Phi) is 9.31. The number of carbonyl (C=O) groups excluding carboxylic acids is 2. The molecule has 1 N–H and O–H groups in total. The number of sulfonamides is 1. The number of anilines is 1. The normalized spacial score (nSPS) is 13.3. The van der Waals surface area contributed by atoms with Gasteiger partial charge in [0.15, 0.2) is 11.5 Å². The number of aryl methyl sites for hydroxylation is 1. The van der Waals surface area contributed by atoms with Crippen molar-refractivity contribution < 1.29 is 27.5 Å². The highest BCUT2D eigenvalue weighted by Gasteiger charge is 2.33. The van der Waals surface area contributed by atoms with Crippen LogP contribution in [0.15, 0.2) is 72.8 Å². The third kappa shape index (κ3) is 6.93. The van der Waals surface area contributed by atoms with Crippen molar-refractivity contribution in [1.29, 1.82) is 0 Å². The first-order chi connectivity index (χ1) is 19.2. The molecule has 0 aromatic heterocycles. The molecular weight excluding hydrogens is 530 g/mol. The van der Waals surface area contributed by atoms with Crippen LogP contribution < -0.4 is 19.1 Å². The van der Waals surface area contributed by atoms with Crippen molar-refractivity contribution in [3.63, 3.8) is 0 Å². The fraction of sp³-hybridized carbons (Fsp3) is 0.333. The maximum Gasteiger partial charge on any atom is 0.244 e. The number of amides is 2. The van der Waals surface area contributed by atoms with E-state index in [0.29, 0.717) is 24.7 Å². The first kappa shape index (κ1) is 28.9. The molecule has 1 aliphatic heterocycles. The van der Waals surface area contributed by atoms with Gasteiger partial charge in [-0.2, -0.15) is 0 Å². The molecule has 0 fully saturated rings. The fourth-order valence-electron chi connectivity index (χ4n) is 4.63. The summed E-state index contributed by atoms with van der Waals surface area (Å²) in [6.07, 6.45) is 0.266. The van der Waals surface area contributed by atoms with Gasteiger partial charge in [-0.3, -0.25) is 13.9 Å². The summed E-state index contributed by atoms with van der Waals surface area (Å²) in [6.45, 7) is 3.87. The average Bonchev–Trinajstić information content (AvgIpc) is 2.97. The molecule has 212 valence electrons. The first-order valence-corrected chi connectivity index (χ1v) is 14.8. The summed E-state index contributed by atoms with van der Waals surface area (Å²) >= 11 is 0. The fourth-order valence-corrected chi connectivity index (χ4v) is 5.69. The van der Waals surface area contributed by atoms with Gasteiger partial charge in [-0.1, -0.05) is 60.2 Å². The van der Waals surface area contributed by atoms with Gasteiger partial charge in [-0.25, -0.2) is 8.42 Å². The van der Waals surface area contributed by atoms with Gasteiger partial charge in [-0.15, -0.1) is 0 Å². The second kappa shape index (κ2) is 12.9. The number of fused-ring (bicyclic) bond motifs is 1. The van der Waals surface area contributed by atoms with Crippen molar-refractivity contribution in [2.45, 2.75) is 32.9 Å². The Morgan fingerprint density at radius 1 is 0.925 bits per heavy atom. The van der Waals surface area contributed by atoms with E-state index in [0.717, 1.165) is 21.0 Å². The molecule has 0 aliphatic carbocycles. The Morgan fingerprint density at radius 3 is 2.30 bits per heavy atom. The maximum absolute atomic E-state index is 14.1. The minimum Gasteiger partial charge on any atom is -0.486 e. The van der Waals surface area contributed by atoms with Crippen LogP contribution in [0.5, 0.6) is 11.5 Å². The van der Waals surface area contributed by atoms with Gasteiger partial charge in [-0.05, 0) is 37.1 Å². The second-order valence-corrected chi connectivity index (χ2v) is 11.7. The molecule has 1 unspecified atom stereocenters. The molecule has 1 aliphatic rings. The molecule has 0 saturated heterocycles. The molecule has 10 heteroatoms. The molecular formula is C30H35N3O6S.